The fraction of sp³-hybridized carbons (Fsp3) is 0.606. The summed E-state index contributed by atoms with van der Waals surface area (Å²) in [6.07, 6.45) is 5.30. The van der Waals surface area contributed by atoms with E-state index in [0.717, 1.165) is 52.2 Å². The molecule has 5 N–H and O–H groups in total. The molecular weight excluding hydrogens is 584 g/mol. The second kappa shape index (κ2) is 14.6. The minimum Gasteiger partial charge on any atom is -0.481 e. The van der Waals surface area contributed by atoms with Crippen molar-refractivity contribution in [1.82, 2.24) is 15.6 Å². The number of carbonyl (C=O) groups is 4. The van der Waals surface area contributed by atoms with Crippen molar-refractivity contribution in [3.63, 3.8) is 0 Å². The fourth-order valence-electron chi connectivity index (χ4n) is 7.23. The average molecular weight is 631 g/mol. The van der Waals surface area contributed by atoms with Gasteiger partial charge < -0.3 is 25.8 Å². The lowest BCUT2D eigenvalue weighted by Gasteiger charge is -2.19. The molecule has 0 aliphatic carbocycles. The standard InChI is InChI=1S/C33H46N4O6.ClH/c1-7-20-19(6)32(42)37-27(20)14-25-18(5)23(10-12-31(40)41)29(35-25)15-28-22(9-11-30(38)39)17(4)24(34-28)13-26-16(3)21(8-2)33(43)36-26;/h15-16,19-21,26-27,35H,7-14H2,1-6H3,(H,36,43)(H,37,42)(H,38,39)(H,40,41);1H/b28-15+;/t16-,19-,20-,21-,26+,27+;/m1./s1. The molecule has 10 nitrogen and oxygen atoms in total. The molecule has 3 aliphatic heterocycles. The lowest BCUT2D eigenvalue weighted by atomic mass is 9.87. The summed E-state index contributed by atoms with van der Waals surface area (Å²) < 4.78 is 0. The van der Waals surface area contributed by atoms with E-state index >= 15 is 0 Å². The Morgan fingerprint density at radius 1 is 0.909 bits per heavy atom. The molecule has 11 heteroatoms. The lowest BCUT2D eigenvalue weighted by molar-refractivity contribution is -0.138. The first kappa shape index (κ1) is 35.1. The zero-order valence-corrected chi connectivity index (χ0v) is 27.4. The SMILES string of the molecule is CC[C@H]1[C@H](Cc2[nH]c(/C=C3/N=C(C[C@@H]4NC(=O)[C@H](CC)[C@H]4C)C(C)=C3CCC(=O)O)c(CCC(=O)O)c2C)NC(=O)[C@@H]1C.Cl. The van der Waals surface area contributed by atoms with Gasteiger partial charge in [0.15, 0.2) is 0 Å². The number of H-pyrrole nitrogens is 1. The normalized spacial score (nSPS) is 27.4. The summed E-state index contributed by atoms with van der Waals surface area (Å²) in [5.41, 5.74) is 6.85. The second-order valence-corrected chi connectivity index (χ2v) is 12.5. The molecule has 242 valence electrons. The van der Waals surface area contributed by atoms with E-state index in [-0.39, 0.29) is 72.8 Å². The summed E-state index contributed by atoms with van der Waals surface area (Å²) in [6.45, 7) is 12.1. The van der Waals surface area contributed by atoms with Gasteiger partial charge in [0.05, 0.1) is 5.70 Å². The third-order valence-corrected chi connectivity index (χ3v) is 10.0. The number of allylic oxidation sites excluding steroid dienone is 2. The molecule has 6 atom stereocenters. The number of amides is 2. The van der Waals surface area contributed by atoms with E-state index in [4.69, 9.17) is 4.99 Å². The van der Waals surface area contributed by atoms with Gasteiger partial charge >= 0.3 is 11.9 Å². The topological polar surface area (TPSA) is 161 Å². The van der Waals surface area contributed by atoms with Crippen molar-refractivity contribution in [3.05, 3.63) is 39.4 Å². The minimum atomic E-state index is -0.894. The Kier molecular flexibility index (Phi) is 11.6. The summed E-state index contributed by atoms with van der Waals surface area (Å²) in [7, 11) is 0. The fourth-order valence-corrected chi connectivity index (χ4v) is 7.23. The Bertz CT molecular complexity index is 1390. The molecule has 0 spiro atoms. The Labute approximate surface area is 265 Å². The maximum Gasteiger partial charge on any atom is 0.303 e. The van der Waals surface area contributed by atoms with Gasteiger partial charge in [0.2, 0.25) is 11.8 Å². The van der Waals surface area contributed by atoms with Crippen LogP contribution in [-0.2, 0) is 32.0 Å². The number of carboxylic acids is 2. The van der Waals surface area contributed by atoms with Gasteiger partial charge in [-0.15, -0.1) is 12.4 Å². The van der Waals surface area contributed by atoms with Crippen LogP contribution in [0, 0.1) is 30.6 Å². The van der Waals surface area contributed by atoms with Crippen LogP contribution in [0.1, 0.15) is 95.7 Å². The van der Waals surface area contributed by atoms with Crippen LogP contribution in [0.25, 0.3) is 6.08 Å². The van der Waals surface area contributed by atoms with Crippen LogP contribution >= 0.6 is 12.4 Å². The Hall–Kier alpha value is -3.40. The number of hydrogen-bond donors (Lipinski definition) is 5. The highest BCUT2D eigenvalue weighted by molar-refractivity contribution is 6.06. The van der Waals surface area contributed by atoms with E-state index in [1.54, 1.807) is 0 Å². The molecule has 1 aromatic rings. The van der Waals surface area contributed by atoms with Crippen LogP contribution in [-0.4, -0.2) is 56.7 Å². The lowest BCUT2D eigenvalue weighted by Crippen LogP contribution is -2.31. The molecule has 44 heavy (non-hydrogen) atoms. The summed E-state index contributed by atoms with van der Waals surface area (Å²) >= 11 is 0. The number of aliphatic imine (C=N–C) groups is 1. The van der Waals surface area contributed by atoms with E-state index in [1.807, 2.05) is 33.8 Å². The summed E-state index contributed by atoms with van der Waals surface area (Å²) in [5.74, 6) is -1.38. The molecule has 4 rings (SSSR count). The molecule has 4 heterocycles. The molecule has 0 unspecified atom stereocenters. The summed E-state index contributed by atoms with van der Waals surface area (Å²) in [6, 6.07) is -0.0650. The average Bonchev–Trinajstić information content (AvgIpc) is 3.59. The summed E-state index contributed by atoms with van der Waals surface area (Å²) in [4.78, 5) is 56.5. The zero-order chi connectivity index (χ0) is 31.6. The number of nitrogens with zero attached hydrogens (tertiary/aromatic N) is 1. The number of nitrogens with one attached hydrogen (secondary N) is 3. The molecular formula is C33H47ClN4O6. The van der Waals surface area contributed by atoms with Gasteiger partial charge in [-0.2, -0.15) is 0 Å². The van der Waals surface area contributed by atoms with Gasteiger partial charge in [-0.05, 0) is 73.3 Å². The van der Waals surface area contributed by atoms with Gasteiger partial charge in [0.25, 0.3) is 0 Å². The molecule has 1 aromatic heterocycles. The predicted octanol–water partition coefficient (Wildman–Crippen LogP) is 4.99. The van der Waals surface area contributed by atoms with E-state index in [9.17, 15) is 29.4 Å². The maximum absolute atomic E-state index is 12.5. The number of aromatic amines is 1. The smallest absolute Gasteiger partial charge is 0.303 e. The zero-order valence-electron chi connectivity index (χ0n) is 26.6. The molecule has 2 saturated heterocycles. The first-order valence-corrected chi connectivity index (χ1v) is 15.6. The predicted molar refractivity (Wildman–Crippen MR) is 172 cm³/mol. The minimum absolute atomic E-state index is 0. The van der Waals surface area contributed by atoms with Crippen LogP contribution in [0.4, 0.5) is 0 Å². The Balaban J connectivity index is 0.00000529. The summed E-state index contributed by atoms with van der Waals surface area (Å²) in [5, 5.41) is 25.2. The third-order valence-electron chi connectivity index (χ3n) is 10.0. The van der Waals surface area contributed by atoms with Crippen LogP contribution in [0.3, 0.4) is 0 Å². The molecule has 3 aliphatic rings. The van der Waals surface area contributed by atoms with Crippen LogP contribution in [0.5, 0.6) is 0 Å². The van der Waals surface area contributed by atoms with E-state index < -0.39 is 11.9 Å². The van der Waals surface area contributed by atoms with E-state index in [1.165, 1.54) is 0 Å². The van der Waals surface area contributed by atoms with Crippen molar-refractivity contribution in [2.75, 3.05) is 0 Å². The van der Waals surface area contributed by atoms with Crippen molar-refractivity contribution < 1.29 is 29.4 Å². The van der Waals surface area contributed by atoms with Gasteiger partial charge in [-0.1, -0.05) is 34.1 Å². The largest absolute Gasteiger partial charge is 0.481 e. The molecule has 0 saturated carbocycles. The number of carbonyl (C=O) groups excluding carboxylic acids is 2. The van der Waals surface area contributed by atoms with Crippen molar-refractivity contribution >= 4 is 47.9 Å². The van der Waals surface area contributed by atoms with Crippen LogP contribution in [0.2, 0.25) is 0 Å². The third kappa shape index (κ3) is 7.28. The van der Waals surface area contributed by atoms with Gasteiger partial charge in [-0.25, -0.2) is 0 Å². The molecule has 0 bridgehead atoms. The van der Waals surface area contributed by atoms with E-state index in [2.05, 4.69) is 29.5 Å². The number of carboxylic acid groups (broad SMARTS) is 2. The number of aliphatic carboxylic acids is 2. The molecule has 0 aromatic carbocycles. The van der Waals surface area contributed by atoms with Crippen molar-refractivity contribution in [2.45, 2.75) is 105 Å². The second-order valence-electron chi connectivity index (χ2n) is 12.5. The van der Waals surface area contributed by atoms with Crippen LogP contribution in [0.15, 0.2) is 21.8 Å². The number of halogens is 1. The van der Waals surface area contributed by atoms with Gasteiger partial charge in [0.1, 0.15) is 0 Å². The molecule has 2 amide bonds. The van der Waals surface area contributed by atoms with Crippen LogP contribution < -0.4 is 10.6 Å². The Morgan fingerprint density at radius 3 is 2.14 bits per heavy atom. The molecule has 2 fully saturated rings. The molecule has 0 radical (unpaired) electrons. The van der Waals surface area contributed by atoms with Gasteiger partial charge in [-0.3, -0.25) is 24.2 Å². The maximum atomic E-state index is 12.5. The number of aromatic nitrogens is 1. The van der Waals surface area contributed by atoms with E-state index in [0.29, 0.717) is 31.4 Å². The van der Waals surface area contributed by atoms with Crippen molar-refractivity contribution in [3.8, 4) is 0 Å². The van der Waals surface area contributed by atoms with Crippen molar-refractivity contribution in [2.24, 2.45) is 28.7 Å². The van der Waals surface area contributed by atoms with Crippen molar-refractivity contribution in [1.29, 1.82) is 0 Å². The highest BCUT2D eigenvalue weighted by Gasteiger charge is 2.40. The number of hydrogen-bond acceptors (Lipinski definition) is 5. The first-order chi connectivity index (χ1) is 20.4. The number of rotatable bonds is 13. The monoisotopic (exact) mass is 630 g/mol. The first-order valence-electron chi connectivity index (χ1n) is 15.6. The highest BCUT2D eigenvalue weighted by Crippen LogP contribution is 2.37. The quantitative estimate of drug-likeness (QED) is 0.206. The highest BCUT2D eigenvalue weighted by atomic mass is 35.5. The van der Waals surface area contributed by atoms with Gasteiger partial charge in [0, 0.05) is 66.7 Å². The Morgan fingerprint density at radius 2 is 1.55 bits per heavy atom.